The Labute approximate surface area is 150 Å². The maximum absolute atomic E-state index is 6.08. The second kappa shape index (κ2) is 6.49. The molecule has 0 aromatic heterocycles. The van der Waals surface area contributed by atoms with Crippen molar-refractivity contribution in [1.29, 1.82) is 0 Å². The number of anilines is 1. The fourth-order valence-corrected chi connectivity index (χ4v) is 3.44. The fraction of sp³-hybridized carbons (Fsp3) is 0.278. The molecule has 1 atom stereocenters. The summed E-state index contributed by atoms with van der Waals surface area (Å²) in [5, 5.41) is 7.27. The van der Waals surface area contributed by atoms with Gasteiger partial charge in [-0.1, -0.05) is 34.1 Å². The number of hydrogen-bond acceptors (Lipinski definition) is 2. The van der Waals surface area contributed by atoms with Crippen LogP contribution in [0.1, 0.15) is 31.9 Å². The van der Waals surface area contributed by atoms with Gasteiger partial charge in [-0.3, -0.25) is 0 Å². The highest BCUT2D eigenvalue weighted by molar-refractivity contribution is 9.10. The first-order valence-electron chi connectivity index (χ1n) is 7.54. The van der Waals surface area contributed by atoms with E-state index in [9.17, 15) is 0 Å². The Bertz CT molecular complexity index is 718. The molecule has 1 aliphatic rings. The normalized spacial score (nSPS) is 18.5. The highest BCUT2D eigenvalue weighted by Crippen LogP contribution is 2.40. The second-order valence-corrected chi connectivity index (χ2v) is 7.59. The molecule has 0 bridgehead atoms. The van der Waals surface area contributed by atoms with Crippen molar-refractivity contribution in [3.8, 4) is 5.75 Å². The van der Waals surface area contributed by atoms with Gasteiger partial charge in [0.25, 0.3) is 0 Å². The third kappa shape index (κ3) is 4.03. The molecule has 1 aliphatic heterocycles. The molecule has 2 aromatic carbocycles. The molecule has 1 heterocycles. The average Bonchev–Trinajstić information content (AvgIpc) is 2.48. The Morgan fingerprint density at radius 1 is 1.22 bits per heavy atom. The third-order valence-electron chi connectivity index (χ3n) is 3.77. The first-order valence-corrected chi connectivity index (χ1v) is 8.74. The zero-order valence-corrected chi connectivity index (χ0v) is 15.5. The molecule has 0 saturated heterocycles. The number of para-hydroxylation sites is 1. The number of hydrogen-bond donors (Lipinski definition) is 2. The van der Waals surface area contributed by atoms with E-state index in [0.29, 0.717) is 5.11 Å². The zero-order valence-electron chi connectivity index (χ0n) is 13.1. The molecule has 0 radical (unpaired) electrons. The first-order chi connectivity index (χ1) is 10.9. The molecular formula is C18H19BrN2OS. The van der Waals surface area contributed by atoms with Gasteiger partial charge in [0, 0.05) is 22.1 Å². The van der Waals surface area contributed by atoms with Gasteiger partial charge < -0.3 is 15.4 Å². The fourth-order valence-electron chi connectivity index (χ4n) is 2.80. The lowest BCUT2D eigenvalue weighted by Gasteiger charge is -2.38. The van der Waals surface area contributed by atoms with Crippen molar-refractivity contribution in [3.05, 3.63) is 58.6 Å². The molecule has 120 valence electrons. The van der Waals surface area contributed by atoms with Crippen molar-refractivity contribution < 1.29 is 4.74 Å². The van der Waals surface area contributed by atoms with Gasteiger partial charge in [-0.15, -0.1) is 0 Å². The highest BCUT2D eigenvalue weighted by atomic mass is 79.9. The van der Waals surface area contributed by atoms with E-state index in [4.69, 9.17) is 17.0 Å². The molecule has 5 heteroatoms. The molecule has 3 nitrogen and oxygen atoms in total. The van der Waals surface area contributed by atoms with Crippen molar-refractivity contribution in [2.45, 2.75) is 31.9 Å². The Morgan fingerprint density at radius 2 is 1.96 bits per heavy atom. The van der Waals surface area contributed by atoms with E-state index in [0.717, 1.165) is 27.9 Å². The summed E-state index contributed by atoms with van der Waals surface area (Å²) in [6.45, 7) is 4.20. The van der Waals surface area contributed by atoms with Crippen molar-refractivity contribution in [2.24, 2.45) is 0 Å². The van der Waals surface area contributed by atoms with Gasteiger partial charge in [0.15, 0.2) is 5.11 Å². The molecule has 1 unspecified atom stereocenters. The predicted octanol–water partition coefficient (Wildman–Crippen LogP) is 5.04. The molecule has 23 heavy (non-hydrogen) atoms. The van der Waals surface area contributed by atoms with E-state index in [1.807, 2.05) is 42.5 Å². The summed E-state index contributed by atoms with van der Waals surface area (Å²) in [7, 11) is 0. The Hall–Kier alpha value is -1.59. The van der Waals surface area contributed by atoms with Crippen LogP contribution in [0.3, 0.4) is 0 Å². The lowest BCUT2D eigenvalue weighted by atomic mass is 9.90. The van der Waals surface area contributed by atoms with Gasteiger partial charge in [-0.25, -0.2) is 0 Å². The number of ether oxygens (including phenoxy) is 1. The third-order valence-corrected chi connectivity index (χ3v) is 4.48. The highest BCUT2D eigenvalue weighted by Gasteiger charge is 2.34. The topological polar surface area (TPSA) is 33.3 Å². The van der Waals surface area contributed by atoms with E-state index in [1.54, 1.807) is 0 Å². The SMILES string of the molecule is CC1(C)CC(NC(=S)Nc2ccccc2)c2cc(Br)ccc2O1. The minimum absolute atomic E-state index is 0.106. The van der Waals surface area contributed by atoms with Crippen LogP contribution in [0.25, 0.3) is 0 Å². The van der Waals surface area contributed by atoms with Crippen molar-refractivity contribution in [3.63, 3.8) is 0 Å². The standard InChI is InChI=1S/C18H19BrN2OS/c1-18(2)11-15(14-10-12(19)8-9-16(14)22-18)21-17(23)20-13-6-4-3-5-7-13/h3-10,15H,11H2,1-2H3,(H2,20,21,23). The van der Waals surface area contributed by atoms with Gasteiger partial charge in [0.05, 0.1) is 6.04 Å². The van der Waals surface area contributed by atoms with Crippen LogP contribution in [-0.4, -0.2) is 10.7 Å². The summed E-state index contributed by atoms with van der Waals surface area (Å²) in [6, 6.07) is 16.1. The summed E-state index contributed by atoms with van der Waals surface area (Å²) < 4.78 is 7.12. The van der Waals surface area contributed by atoms with Gasteiger partial charge in [0.2, 0.25) is 0 Å². The van der Waals surface area contributed by atoms with E-state index in [-0.39, 0.29) is 11.6 Å². The Balaban J connectivity index is 1.79. The lowest BCUT2D eigenvalue weighted by molar-refractivity contribution is 0.0696. The van der Waals surface area contributed by atoms with Crippen LogP contribution in [0.5, 0.6) is 5.75 Å². The molecule has 0 fully saturated rings. The molecule has 2 aromatic rings. The Kier molecular flexibility index (Phi) is 4.60. The van der Waals surface area contributed by atoms with Crippen molar-refractivity contribution >= 4 is 38.9 Å². The predicted molar refractivity (Wildman–Crippen MR) is 102 cm³/mol. The van der Waals surface area contributed by atoms with Crippen LogP contribution in [-0.2, 0) is 0 Å². The van der Waals surface area contributed by atoms with Crippen molar-refractivity contribution in [1.82, 2.24) is 5.32 Å². The smallest absolute Gasteiger partial charge is 0.171 e. The van der Waals surface area contributed by atoms with Crippen LogP contribution in [0, 0.1) is 0 Å². The molecular weight excluding hydrogens is 372 g/mol. The zero-order chi connectivity index (χ0) is 16.4. The molecule has 2 N–H and O–H groups in total. The summed E-state index contributed by atoms with van der Waals surface area (Å²) in [6.07, 6.45) is 0.840. The Morgan fingerprint density at radius 3 is 2.70 bits per heavy atom. The van der Waals surface area contributed by atoms with Crippen LogP contribution >= 0.6 is 28.1 Å². The molecule has 3 rings (SSSR count). The maximum Gasteiger partial charge on any atom is 0.171 e. The molecule has 0 saturated carbocycles. The summed E-state index contributed by atoms with van der Waals surface area (Å²) in [5.74, 6) is 0.907. The van der Waals surface area contributed by atoms with Gasteiger partial charge in [-0.05, 0) is 56.4 Å². The summed E-state index contributed by atoms with van der Waals surface area (Å²) >= 11 is 9.01. The quantitative estimate of drug-likeness (QED) is 0.703. The minimum Gasteiger partial charge on any atom is -0.487 e. The summed E-state index contributed by atoms with van der Waals surface area (Å²) in [5.41, 5.74) is 1.86. The molecule has 0 amide bonds. The first kappa shape index (κ1) is 16.3. The van der Waals surface area contributed by atoms with E-state index in [1.165, 1.54) is 0 Å². The average molecular weight is 391 g/mol. The molecule has 0 aliphatic carbocycles. The van der Waals surface area contributed by atoms with E-state index < -0.39 is 0 Å². The van der Waals surface area contributed by atoms with E-state index >= 15 is 0 Å². The number of fused-ring (bicyclic) bond motifs is 1. The van der Waals surface area contributed by atoms with Crippen LogP contribution in [0.4, 0.5) is 5.69 Å². The van der Waals surface area contributed by atoms with Crippen LogP contribution in [0.15, 0.2) is 53.0 Å². The minimum atomic E-state index is -0.235. The van der Waals surface area contributed by atoms with E-state index in [2.05, 4.69) is 46.5 Å². The maximum atomic E-state index is 6.08. The largest absolute Gasteiger partial charge is 0.487 e. The number of rotatable bonds is 2. The molecule has 0 spiro atoms. The summed E-state index contributed by atoms with van der Waals surface area (Å²) in [4.78, 5) is 0. The second-order valence-electron chi connectivity index (χ2n) is 6.27. The van der Waals surface area contributed by atoms with Gasteiger partial charge in [0.1, 0.15) is 11.4 Å². The number of nitrogens with one attached hydrogen (secondary N) is 2. The van der Waals surface area contributed by atoms with Crippen LogP contribution < -0.4 is 15.4 Å². The lowest BCUT2D eigenvalue weighted by Crippen LogP contribution is -2.42. The number of benzene rings is 2. The van der Waals surface area contributed by atoms with Crippen molar-refractivity contribution in [2.75, 3.05) is 5.32 Å². The van der Waals surface area contributed by atoms with Gasteiger partial charge >= 0.3 is 0 Å². The monoisotopic (exact) mass is 390 g/mol. The van der Waals surface area contributed by atoms with Gasteiger partial charge in [-0.2, -0.15) is 0 Å². The number of thiocarbonyl (C=S) groups is 1. The van der Waals surface area contributed by atoms with Crippen LogP contribution in [0.2, 0.25) is 0 Å². The number of halogens is 1.